The van der Waals surface area contributed by atoms with Crippen LogP contribution in [0.4, 0.5) is 0 Å². The molecule has 0 fully saturated rings. The van der Waals surface area contributed by atoms with Crippen LogP contribution in [0.25, 0.3) is 10.2 Å². The standard InChI is InChI=1S/C18H17N3O4S/c1-25-15-7-12(18(24)20-4-5-22)3-2-11(15)6-14(23)13-9-26-16-8-19-10-21-17(13)16/h2-3,7-10,22H,4-6H2,1H3,(H,20,24). The summed E-state index contributed by atoms with van der Waals surface area (Å²) in [6, 6.07) is 4.92. The monoisotopic (exact) mass is 371 g/mol. The Labute approximate surface area is 153 Å². The molecule has 3 rings (SSSR count). The fourth-order valence-corrected chi connectivity index (χ4v) is 3.44. The van der Waals surface area contributed by atoms with E-state index in [0.29, 0.717) is 28.0 Å². The number of amides is 1. The highest BCUT2D eigenvalue weighted by molar-refractivity contribution is 7.17. The lowest BCUT2D eigenvalue weighted by atomic mass is 10.0. The molecule has 26 heavy (non-hydrogen) atoms. The number of hydrogen-bond acceptors (Lipinski definition) is 7. The lowest BCUT2D eigenvalue weighted by molar-refractivity contribution is 0.0944. The topological polar surface area (TPSA) is 101 Å². The van der Waals surface area contributed by atoms with E-state index in [9.17, 15) is 9.59 Å². The van der Waals surface area contributed by atoms with Gasteiger partial charge in [-0.15, -0.1) is 11.3 Å². The minimum absolute atomic E-state index is 0.0780. The minimum atomic E-state index is -0.309. The minimum Gasteiger partial charge on any atom is -0.496 e. The average molecular weight is 371 g/mol. The molecule has 8 heteroatoms. The zero-order chi connectivity index (χ0) is 18.5. The molecule has 0 aliphatic rings. The van der Waals surface area contributed by atoms with Gasteiger partial charge in [0.1, 0.15) is 12.1 Å². The van der Waals surface area contributed by atoms with Crippen LogP contribution in [0.5, 0.6) is 5.75 Å². The molecule has 3 aromatic rings. The molecule has 0 atom stereocenters. The number of ether oxygens (including phenoxy) is 1. The average Bonchev–Trinajstić information content (AvgIpc) is 3.10. The van der Waals surface area contributed by atoms with E-state index in [0.717, 1.165) is 4.70 Å². The lowest BCUT2D eigenvalue weighted by Crippen LogP contribution is -2.26. The Morgan fingerprint density at radius 2 is 2.19 bits per heavy atom. The van der Waals surface area contributed by atoms with Crippen molar-refractivity contribution in [2.75, 3.05) is 20.3 Å². The predicted octanol–water partition coefficient (Wildman–Crippen LogP) is 1.85. The van der Waals surface area contributed by atoms with Gasteiger partial charge >= 0.3 is 0 Å². The van der Waals surface area contributed by atoms with Gasteiger partial charge in [-0.1, -0.05) is 6.07 Å². The number of Topliss-reactive ketones (excluding diaryl/α,β-unsaturated/α-hetero) is 1. The molecular weight excluding hydrogens is 354 g/mol. The number of hydrogen-bond donors (Lipinski definition) is 2. The molecule has 0 bridgehead atoms. The Balaban J connectivity index is 1.83. The molecule has 0 aliphatic carbocycles. The Kier molecular flexibility index (Phi) is 5.55. The maximum atomic E-state index is 12.7. The van der Waals surface area contributed by atoms with Gasteiger partial charge in [-0.25, -0.2) is 9.97 Å². The molecule has 1 aromatic carbocycles. The van der Waals surface area contributed by atoms with Crippen molar-refractivity contribution < 1.29 is 19.4 Å². The van der Waals surface area contributed by atoms with Crippen LogP contribution in [0.2, 0.25) is 0 Å². The van der Waals surface area contributed by atoms with E-state index in [1.807, 2.05) is 0 Å². The second kappa shape index (κ2) is 8.03. The van der Waals surface area contributed by atoms with E-state index in [1.54, 1.807) is 29.8 Å². The highest BCUT2D eigenvalue weighted by atomic mass is 32.1. The number of carbonyl (C=O) groups excluding carboxylic acids is 2. The molecule has 1 amide bonds. The van der Waals surface area contributed by atoms with Crippen LogP contribution in [0.15, 0.2) is 36.1 Å². The number of aromatic nitrogens is 2. The van der Waals surface area contributed by atoms with Gasteiger partial charge in [0.15, 0.2) is 5.78 Å². The number of rotatable bonds is 7. The largest absolute Gasteiger partial charge is 0.496 e. The zero-order valence-corrected chi connectivity index (χ0v) is 14.9. The molecule has 0 radical (unpaired) electrons. The molecular formula is C18H17N3O4S. The maximum absolute atomic E-state index is 12.7. The number of fused-ring (bicyclic) bond motifs is 1. The normalized spacial score (nSPS) is 10.7. The van der Waals surface area contributed by atoms with Gasteiger partial charge in [0.25, 0.3) is 5.91 Å². The van der Waals surface area contributed by atoms with Crippen molar-refractivity contribution in [3.8, 4) is 5.75 Å². The van der Waals surface area contributed by atoms with E-state index in [4.69, 9.17) is 9.84 Å². The third-order valence-corrected chi connectivity index (χ3v) is 4.74. The molecule has 7 nitrogen and oxygen atoms in total. The fraction of sp³-hybridized carbons (Fsp3) is 0.222. The number of nitrogens with one attached hydrogen (secondary N) is 1. The summed E-state index contributed by atoms with van der Waals surface area (Å²) < 4.78 is 6.20. The SMILES string of the molecule is COc1cc(C(=O)NCCO)ccc1CC(=O)c1csc2cncnc12. The van der Waals surface area contributed by atoms with Crippen molar-refractivity contribution >= 4 is 33.2 Å². The number of methoxy groups -OCH3 is 1. The van der Waals surface area contributed by atoms with Gasteiger partial charge in [0, 0.05) is 35.7 Å². The first-order chi connectivity index (χ1) is 12.6. The number of aliphatic hydroxyl groups excluding tert-OH is 1. The molecule has 0 aliphatic heterocycles. The molecule has 2 aromatic heterocycles. The van der Waals surface area contributed by atoms with Crippen molar-refractivity contribution in [1.29, 1.82) is 0 Å². The van der Waals surface area contributed by atoms with Crippen LogP contribution in [0.3, 0.4) is 0 Å². The van der Waals surface area contributed by atoms with Gasteiger partial charge in [0.05, 0.1) is 29.5 Å². The summed E-state index contributed by atoms with van der Waals surface area (Å²) in [5, 5.41) is 13.1. The summed E-state index contributed by atoms with van der Waals surface area (Å²) in [6.07, 6.45) is 3.24. The van der Waals surface area contributed by atoms with E-state index in [-0.39, 0.29) is 31.3 Å². The summed E-state index contributed by atoms with van der Waals surface area (Å²) in [6.45, 7) is 0.0437. The summed E-state index contributed by atoms with van der Waals surface area (Å²) in [5.74, 6) is 0.0747. The summed E-state index contributed by atoms with van der Waals surface area (Å²) in [4.78, 5) is 32.8. The molecule has 0 saturated carbocycles. The predicted molar refractivity (Wildman–Crippen MR) is 97.9 cm³/mol. The van der Waals surface area contributed by atoms with Crippen molar-refractivity contribution in [2.24, 2.45) is 0 Å². The molecule has 0 saturated heterocycles. The van der Waals surface area contributed by atoms with Crippen molar-refractivity contribution in [2.45, 2.75) is 6.42 Å². The van der Waals surface area contributed by atoms with Crippen molar-refractivity contribution in [3.63, 3.8) is 0 Å². The summed E-state index contributed by atoms with van der Waals surface area (Å²) in [5.41, 5.74) is 2.29. The van der Waals surface area contributed by atoms with Crippen LogP contribution < -0.4 is 10.1 Å². The van der Waals surface area contributed by atoms with E-state index >= 15 is 0 Å². The smallest absolute Gasteiger partial charge is 0.251 e. The molecule has 2 N–H and O–H groups in total. The number of nitrogens with zero attached hydrogens (tertiary/aromatic N) is 2. The van der Waals surface area contributed by atoms with Crippen LogP contribution >= 0.6 is 11.3 Å². The van der Waals surface area contributed by atoms with Gasteiger partial charge in [-0.2, -0.15) is 0 Å². The number of aliphatic hydroxyl groups is 1. The third kappa shape index (κ3) is 3.71. The van der Waals surface area contributed by atoms with Crippen LogP contribution in [-0.4, -0.2) is 47.0 Å². The van der Waals surface area contributed by atoms with Gasteiger partial charge in [-0.3, -0.25) is 9.59 Å². The first kappa shape index (κ1) is 18.0. The van der Waals surface area contributed by atoms with Crippen LogP contribution in [-0.2, 0) is 6.42 Å². The van der Waals surface area contributed by atoms with Gasteiger partial charge < -0.3 is 15.2 Å². The lowest BCUT2D eigenvalue weighted by Gasteiger charge is -2.10. The second-order valence-electron chi connectivity index (χ2n) is 5.49. The number of thiophene rings is 1. The molecule has 0 unspecified atom stereocenters. The third-order valence-electron chi connectivity index (χ3n) is 3.84. The van der Waals surface area contributed by atoms with Gasteiger partial charge in [0.2, 0.25) is 0 Å². The van der Waals surface area contributed by atoms with E-state index in [2.05, 4.69) is 15.3 Å². The molecule has 2 heterocycles. The Hall–Kier alpha value is -2.84. The Morgan fingerprint density at radius 1 is 1.35 bits per heavy atom. The highest BCUT2D eigenvalue weighted by Crippen LogP contribution is 2.27. The molecule has 0 spiro atoms. The van der Waals surface area contributed by atoms with E-state index in [1.165, 1.54) is 24.8 Å². The molecule has 134 valence electrons. The quantitative estimate of drug-likeness (QED) is 0.615. The first-order valence-electron chi connectivity index (χ1n) is 7.90. The highest BCUT2D eigenvalue weighted by Gasteiger charge is 2.17. The number of carbonyl (C=O) groups is 2. The first-order valence-corrected chi connectivity index (χ1v) is 8.78. The fourth-order valence-electron chi connectivity index (χ4n) is 2.55. The van der Waals surface area contributed by atoms with Gasteiger partial charge in [-0.05, 0) is 12.1 Å². The van der Waals surface area contributed by atoms with Crippen molar-refractivity contribution in [3.05, 3.63) is 52.8 Å². The van der Waals surface area contributed by atoms with E-state index < -0.39 is 0 Å². The Bertz CT molecular complexity index is 955. The second-order valence-corrected chi connectivity index (χ2v) is 6.40. The van der Waals surface area contributed by atoms with Crippen LogP contribution in [0.1, 0.15) is 26.3 Å². The maximum Gasteiger partial charge on any atom is 0.251 e. The van der Waals surface area contributed by atoms with Crippen molar-refractivity contribution in [1.82, 2.24) is 15.3 Å². The summed E-state index contributed by atoms with van der Waals surface area (Å²) >= 11 is 1.43. The summed E-state index contributed by atoms with van der Waals surface area (Å²) in [7, 11) is 1.49. The van der Waals surface area contributed by atoms with Crippen LogP contribution in [0, 0.1) is 0 Å². The number of benzene rings is 1. The Morgan fingerprint density at radius 3 is 2.96 bits per heavy atom. The number of ketones is 1. The zero-order valence-electron chi connectivity index (χ0n) is 14.1.